The molecule has 0 aromatic heterocycles. The summed E-state index contributed by atoms with van der Waals surface area (Å²) in [6.07, 6.45) is 6.18. The van der Waals surface area contributed by atoms with Gasteiger partial charge in [-0.2, -0.15) is 0 Å². The molecule has 0 bridgehead atoms. The number of hydrogen-bond donors (Lipinski definition) is 2. The molecule has 1 heterocycles. The van der Waals surface area contributed by atoms with Gasteiger partial charge in [0.2, 0.25) is 0 Å². The fraction of sp³-hybridized carbons (Fsp3) is 0.471. The van der Waals surface area contributed by atoms with E-state index >= 15 is 0 Å². The van der Waals surface area contributed by atoms with Gasteiger partial charge in [0.15, 0.2) is 0 Å². The van der Waals surface area contributed by atoms with Crippen molar-refractivity contribution in [2.75, 3.05) is 29.9 Å². The Hall–Kier alpha value is -1.97. The van der Waals surface area contributed by atoms with Crippen LogP contribution in [0.15, 0.2) is 35.9 Å². The van der Waals surface area contributed by atoms with Gasteiger partial charge in [0.1, 0.15) is 0 Å². The van der Waals surface area contributed by atoms with Crippen molar-refractivity contribution in [3.63, 3.8) is 0 Å². The SMILES string of the molecule is CC/C(=C/CNc1ccc(N2CCCCC2)cc1)C(=O)O. The zero-order valence-electron chi connectivity index (χ0n) is 12.6. The number of carboxylic acids is 1. The molecule has 0 radical (unpaired) electrons. The summed E-state index contributed by atoms with van der Waals surface area (Å²) in [6.45, 7) is 4.69. The molecular formula is C17H24N2O2. The molecule has 0 atom stereocenters. The van der Waals surface area contributed by atoms with E-state index in [1.54, 1.807) is 6.08 Å². The lowest BCUT2D eigenvalue weighted by Crippen LogP contribution is -2.29. The quantitative estimate of drug-likeness (QED) is 0.787. The third-order valence-electron chi connectivity index (χ3n) is 3.90. The number of hydrogen-bond acceptors (Lipinski definition) is 3. The Kier molecular flexibility index (Phi) is 5.67. The van der Waals surface area contributed by atoms with Crippen LogP contribution in [-0.2, 0) is 4.79 Å². The Balaban J connectivity index is 1.89. The van der Waals surface area contributed by atoms with Crippen molar-refractivity contribution in [2.24, 2.45) is 0 Å². The molecule has 0 aliphatic carbocycles. The van der Waals surface area contributed by atoms with Crippen LogP contribution < -0.4 is 10.2 Å². The Labute approximate surface area is 126 Å². The average Bonchev–Trinajstić information content (AvgIpc) is 2.53. The monoisotopic (exact) mass is 288 g/mol. The highest BCUT2D eigenvalue weighted by atomic mass is 16.4. The molecule has 21 heavy (non-hydrogen) atoms. The first-order valence-electron chi connectivity index (χ1n) is 7.72. The van der Waals surface area contributed by atoms with Crippen molar-refractivity contribution in [1.82, 2.24) is 0 Å². The minimum absolute atomic E-state index is 0.451. The van der Waals surface area contributed by atoms with E-state index in [2.05, 4.69) is 34.5 Å². The van der Waals surface area contributed by atoms with Gasteiger partial charge in [-0.05, 0) is 49.9 Å². The van der Waals surface area contributed by atoms with Crippen molar-refractivity contribution in [1.29, 1.82) is 0 Å². The highest BCUT2D eigenvalue weighted by molar-refractivity contribution is 5.86. The number of nitrogens with one attached hydrogen (secondary N) is 1. The number of aliphatic carboxylic acids is 1. The molecule has 2 rings (SSSR count). The van der Waals surface area contributed by atoms with Crippen LogP contribution in [0.25, 0.3) is 0 Å². The standard InChI is InChI=1S/C17H24N2O2/c1-2-14(17(20)21)10-11-18-15-6-8-16(9-7-15)19-12-4-3-5-13-19/h6-10,18H,2-5,11-13H2,1H3,(H,20,21)/b14-10-. The Morgan fingerprint density at radius 2 is 1.90 bits per heavy atom. The van der Waals surface area contributed by atoms with Gasteiger partial charge in [-0.25, -0.2) is 4.79 Å². The molecule has 0 amide bonds. The van der Waals surface area contributed by atoms with Gasteiger partial charge in [-0.15, -0.1) is 0 Å². The second-order valence-electron chi connectivity index (χ2n) is 5.36. The predicted octanol–water partition coefficient (Wildman–Crippen LogP) is 3.51. The van der Waals surface area contributed by atoms with Gasteiger partial charge in [0.05, 0.1) is 0 Å². The number of benzene rings is 1. The smallest absolute Gasteiger partial charge is 0.331 e. The van der Waals surface area contributed by atoms with Gasteiger partial charge in [-0.3, -0.25) is 0 Å². The Morgan fingerprint density at radius 1 is 1.24 bits per heavy atom. The van der Waals surface area contributed by atoms with E-state index in [0.717, 1.165) is 18.8 Å². The number of anilines is 2. The number of carboxylic acid groups (broad SMARTS) is 1. The summed E-state index contributed by atoms with van der Waals surface area (Å²) in [5.74, 6) is -0.834. The van der Waals surface area contributed by atoms with Crippen LogP contribution in [0.3, 0.4) is 0 Å². The van der Waals surface area contributed by atoms with E-state index in [-0.39, 0.29) is 0 Å². The van der Waals surface area contributed by atoms with Crippen LogP contribution >= 0.6 is 0 Å². The van der Waals surface area contributed by atoms with E-state index < -0.39 is 5.97 Å². The normalized spacial score (nSPS) is 15.9. The maximum Gasteiger partial charge on any atom is 0.331 e. The topological polar surface area (TPSA) is 52.6 Å². The van der Waals surface area contributed by atoms with E-state index in [9.17, 15) is 4.79 Å². The third kappa shape index (κ3) is 4.52. The van der Waals surface area contributed by atoms with Crippen LogP contribution in [0.4, 0.5) is 11.4 Å². The number of nitrogens with zero attached hydrogens (tertiary/aromatic N) is 1. The summed E-state index contributed by atoms with van der Waals surface area (Å²) in [5, 5.41) is 12.2. The molecule has 1 aliphatic rings. The molecule has 4 heteroatoms. The van der Waals surface area contributed by atoms with Crippen molar-refractivity contribution >= 4 is 17.3 Å². The van der Waals surface area contributed by atoms with Crippen LogP contribution in [0, 0.1) is 0 Å². The fourth-order valence-corrected chi connectivity index (χ4v) is 2.62. The second kappa shape index (κ2) is 7.72. The summed E-state index contributed by atoms with van der Waals surface area (Å²) in [6, 6.07) is 8.39. The number of rotatable bonds is 6. The minimum atomic E-state index is -0.834. The van der Waals surface area contributed by atoms with Crippen LogP contribution in [0.1, 0.15) is 32.6 Å². The third-order valence-corrected chi connectivity index (χ3v) is 3.90. The minimum Gasteiger partial charge on any atom is -0.478 e. The van der Waals surface area contributed by atoms with Gasteiger partial charge < -0.3 is 15.3 Å². The van der Waals surface area contributed by atoms with Gasteiger partial charge in [-0.1, -0.05) is 13.0 Å². The molecule has 1 aliphatic heterocycles. The maximum atomic E-state index is 10.9. The number of carbonyl (C=O) groups is 1. The van der Waals surface area contributed by atoms with Crippen LogP contribution in [0.5, 0.6) is 0 Å². The van der Waals surface area contributed by atoms with E-state index in [1.807, 2.05) is 6.92 Å². The van der Waals surface area contributed by atoms with Crippen LogP contribution in [-0.4, -0.2) is 30.7 Å². The van der Waals surface area contributed by atoms with Crippen LogP contribution in [0.2, 0.25) is 0 Å². The zero-order valence-corrected chi connectivity index (χ0v) is 12.6. The van der Waals surface area contributed by atoms with Crippen molar-refractivity contribution in [2.45, 2.75) is 32.6 Å². The van der Waals surface area contributed by atoms with Gasteiger partial charge >= 0.3 is 5.97 Å². The lowest BCUT2D eigenvalue weighted by molar-refractivity contribution is -0.132. The molecule has 0 spiro atoms. The Morgan fingerprint density at radius 3 is 2.48 bits per heavy atom. The lowest BCUT2D eigenvalue weighted by Gasteiger charge is -2.28. The highest BCUT2D eigenvalue weighted by Gasteiger charge is 2.10. The molecular weight excluding hydrogens is 264 g/mol. The summed E-state index contributed by atoms with van der Waals surface area (Å²) in [5.41, 5.74) is 2.75. The predicted molar refractivity (Wildman–Crippen MR) is 87.0 cm³/mol. The molecule has 0 unspecified atom stereocenters. The van der Waals surface area contributed by atoms with Gasteiger partial charge in [0, 0.05) is 36.6 Å². The lowest BCUT2D eigenvalue weighted by atomic mass is 10.1. The van der Waals surface area contributed by atoms with E-state index in [0.29, 0.717) is 18.5 Å². The fourth-order valence-electron chi connectivity index (χ4n) is 2.62. The van der Waals surface area contributed by atoms with E-state index in [1.165, 1.54) is 24.9 Å². The molecule has 4 nitrogen and oxygen atoms in total. The number of piperidine rings is 1. The first kappa shape index (κ1) is 15.4. The molecule has 2 N–H and O–H groups in total. The highest BCUT2D eigenvalue weighted by Crippen LogP contribution is 2.21. The molecule has 1 saturated heterocycles. The van der Waals surface area contributed by atoms with Crippen molar-refractivity contribution in [3.8, 4) is 0 Å². The first-order chi connectivity index (χ1) is 10.2. The maximum absolute atomic E-state index is 10.9. The summed E-state index contributed by atoms with van der Waals surface area (Å²) >= 11 is 0. The zero-order chi connectivity index (χ0) is 15.1. The van der Waals surface area contributed by atoms with Gasteiger partial charge in [0.25, 0.3) is 0 Å². The van der Waals surface area contributed by atoms with E-state index in [4.69, 9.17) is 5.11 Å². The molecule has 1 fully saturated rings. The summed E-state index contributed by atoms with van der Waals surface area (Å²) < 4.78 is 0. The summed E-state index contributed by atoms with van der Waals surface area (Å²) in [4.78, 5) is 13.3. The molecule has 1 aromatic rings. The van der Waals surface area contributed by atoms with Crippen molar-refractivity contribution in [3.05, 3.63) is 35.9 Å². The largest absolute Gasteiger partial charge is 0.478 e. The molecule has 1 aromatic carbocycles. The molecule has 0 saturated carbocycles. The molecule has 114 valence electrons. The first-order valence-corrected chi connectivity index (χ1v) is 7.72. The Bertz CT molecular complexity index is 488. The second-order valence-corrected chi connectivity index (χ2v) is 5.36. The van der Waals surface area contributed by atoms with Crippen molar-refractivity contribution < 1.29 is 9.90 Å². The average molecular weight is 288 g/mol. The summed E-state index contributed by atoms with van der Waals surface area (Å²) in [7, 11) is 0.